The molecule has 0 saturated heterocycles. The van der Waals surface area contributed by atoms with Gasteiger partial charge in [0.2, 0.25) is 5.91 Å². The van der Waals surface area contributed by atoms with E-state index in [9.17, 15) is 4.79 Å². The van der Waals surface area contributed by atoms with E-state index >= 15 is 0 Å². The number of aliphatic hydroxyl groups is 1. The molecule has 1 amide bonds. The van der Waals surface area contributed by atoms with Crippen LogP contribution >= 0.6 is 0 Å². The fourth-order valence-corrected chi connectivity index (χ4v) is 1.19. The van der Waals surface area contributed by atoms with Crippen molar-refractivity contribution in [2.24, 2.45) is 0 Å². The van der Waals surface area contributed by atoms with Gasteiger partial charge in [0.05, 0.1) is 6.61 Å². The molecule has 4 nitrogen and oxygen atoms in total. The maximum absolute atomic E-state index is 11.5. The third-order valence-electron chi connectivity index (χ3n) is 2.29. The predicted octanol–water partition coefficient (Wildman–Crippen LogP) is 0.459. The van der Waals surface area contributed by atoms with Crippen LogP contribution in [0.15, 0.2) is 18.3 Å². The van der Waals surface area contributed by atoms with Crippen molar-refractivity contribution in [1.29, 1.82) is 0 Å². The average molecular weight is 196 g/mol. The quantitative estimate of drug-likeness (QED) is 0.760. The number of carbonyl (C=O) groups excluding carboxylic acids is 1. The monoisotopic (exact) mass is 196 g/mol. The van der Waals surface area contributed by atoms with E-state index in [4.69, 9.17) is 5.11 Å². The minimum Gasteiger partial charge on any atom is -0.390 e. The molecule has 4 heteroatoms. The van der Waals surface area contributed by atoms with E-state index in [1.807, 2.05) is 13.0 Å². The summed E-state index contributed by atoms with van der Waals surface area (Å²) in [7, 11) is 1.77. The minimum atomic E-state index is -0.0316. The Morgan fingerprint density at radius 3 is 2.93 bits per heavy atom. The molecular weight excluding hydrogens is 180 g/mol. The second-order valence-corrected chi connectivity index (χ2v) is 3.19. The molecule has 1 N–H and O–H groups in total. The number of aromatic nitrogens is 1. The summed E-state index contributed by atoms with van der Waals surface area (Å²) in [4.78, 5) is 13.2. The molecule has 0 fully saturated rings. The fourth-order valence-electron chi connectivity index (χ4n) is 1.19. The van der Waals surface area contributed by atoms with Crippen molar-refractivity contribution in [3.05, 3.63) is 24.0 Å². The number of aliphatic hydroxyl groups excluding tert-OH is 1. The van der Waals surface area contributed by atoms with E-state index < -0.39 is 0 Å². The maximum atomic E-state index is 11.5. The Morgan fingerprint density at radius 2 is 2.36 bits per heavy atom. The molecule has 14 heavy (non-hydrogen) atoms. The van der Waals surface area contributed by atoms with Gasteiger partial charge in [0.1, 0.15) is 6.54 Å². The van der Waals surface area contributed by atoms with Gasteiger partial charge >= 0.3 is 0 Å². The summed E-state index contributed by atoms with van der Waals surface area (Å²) in [5, 5.41) is 8.97. The van der Waals surface area contributed by atoms with Crippen molar-refractivity contribution in [1.82, 2.24) is 9.47 Å². The normalized spacial score (nSPS) is 10.2. The molecule has 0 aromatic carbocycles. The van der Waals surface area contributed by atoms with E-state index in [0.29, 0.717) is 13.1 Å². The second kappa shape index (κ2) is 4.81. The van der Waals surface area contributed by atoms with E-state index in [0.717, 1.165) is 5.69 Å². The molecule has 0 bridgehead atoms. The van der Waals surface area contributed by atoms with Gasteiger partial charge in [-0.3, -0.25) is 4.79 Å². The highest BCUT2D eigenvalue weighted by Crippen LogP contribution is 2.02. The van der Waals surface area contributed by atoms with Crippen molar-refractivity contribution >= 4 is 5.91 Å². The lowest BCUT2D eigenvalue weighted by molar-refractivity contribution is -0.130. The van der Waals surface area contributed by atoms with Crippen molar-refractivity contribution < 1.29 is 9.90 Å². The first-order chi connectivity index (χ1) is 6.69. The van der Waals surface area contributed by atoms with Crippen LogP contribution in [0.3, 0.4) is 0 Å². The predicted molar refractivity (Wildman–Crippen MR) is 53.7 cm³/mol. The first kappa shape index (κ1) is 10.8. The van der Waals surface area contributed by atoms with Crippen LogP contribution < -0.4 is 0 Å². The van der Waals surface area contributed by atoms with Gasteiger partial charge in [-0.25, -0.2) is 0 Å². The molecular formula is C10H16N2O2. The molecule has 78 valence electrons. The lowest BCUT2D eigenvalue weighted by Gasteiger charge is -2.15. The third kappa shape index (κ3) is 2.35. The van der Waals surface area contributed by atoms with E-state index in [-0.39, 0.29) is 12.5 Å². The van der Waals surface area contributed by atoms with E-state index in [2.05, 4.69) is 0 Å². The summed E-state index contributed by atoms with van der Waals surface area (Å²) in [5.74, 6) is 0.0541. The molecule has 0 aliphatic carbocycles. The van der Waals surface area contributed by atoms with Crippen molar-refractivity contribution in [2.45, 2.75) is 20.1 Å². The topological polar surface area (TPSA) is 45.5 Å². The van der Waals surface area contributed by atoms with Crippen molar-refractivity contribution in [3.63, 3.8) is 0 Å². The van der Waals surface area contributed by atoms with Crippen LogP contribution in [0.2, 0.25) is 0 Å². The van der Waals surface area contributed by atoms with E-state index in [1.54, 1.807) is 28.8 Å². The first-order valence-corrected chi connectivity index (χ1v) is 4.67. The van der Waals surface area contributed by atoms with Gasteiger partial charge in [0, 0.05) is 25.5 Å². The smallest absolute Gasteiger partial charge is 0.242 e. The van der Waals surface area contributed by atoms with Gasteiger partial charge in [-0.1, -0.05) is 0 Å². The Labute approximate surface area is 83.8 Å². The summed E-state index contributed by atoms with van der Waals surface area (Å²) >= 11 is 0. The van der Waals surface area contributed by atoms with Gasteiger partial charge in [-0.2, -0.15) is 0 Å². The van der Waals surface area contributed by atoms with Crippen molar-refractivity contribution in [2.75, 3.05) is 13.6 Å². The van der Waals surface area contributed by atoms with Gasteiger partial charge in [0.15, 0.2) is 0 Å². The summed E-state index contributed by atoms with van der Waals surface area (Å²) in [6.45, 7) is 2.90. The molecule has 1 aromatic rings. The van der Waals surface area contributed by atoms with Gasteiger partial charge in [0.25, 0.3) is 0 Å². The Balaban J connectivity index is 2.64. The number of likely N-dealkylation sites (N-methyl/N-ethyl adjacent to an activating group) is 1. The van der Waals surface area contributed by atoms with Gasteiger partial charge < -0.3 is 14.6 Å². The highest BCUT2D eigenvalue weighted by molar-refractivity contribution is 5.75. The minimum absolute atomic E-state index is 0.0316. The molecule has 1 aromatic heterocycles. The maximum Gasteiger partial charge on any atom is 0.242 e. The summed E-state index contributed by atoms with van der Waals surface area (Å²) in [6.07, 6.45) is 1.80. The molecule has 0 spiro atoms. The zero-order chi connectivity index (χ0) is 10.6. The Kier molecular flexibility index (Phi) is 3.71. The van der Waals surface area contributed by atoms with Crippen LogP contribution in [0, 0.1) is 0 Å². The lowest BCUT2D eigenvalue weighted by Crippen LogP contribution is -2.30. The Bertz CT molecular complexity index is 307. The molecule has 1 rings (SSSR count). The summed E-state index contributed by atoms with van der Waals surface area (Å²) in [5.41, 5.74) is 0.767. The number of amides is 1. The Hall–Kier alpha value is -1.29. The molecule has 0 unspecified atom stereocenters. The molecule has 0 saturated carbocycles. The van der Waals surface area contributed by atoms with Crippen molar-refractivity contribution in [3.8, 4) is 0 Å². The zero-order valence-corrected chi connectivity index (χ0v) is 8.60. The summed E-state index contributed by atoms with van der Waals surface area (Å²) in [6, 6.07) is 3.63. The van der Waals surface area contributed by atoms with E-state index in [1.165, 1.54) is 0 Å². The fraction of sp³-hybridized carbons (Fsp3) is 0.500. The molecule has 0 radical (unpaired) electrons. The van der Waals surface area contributed by atoms with Gasteiger partial charge in [-0.15, -0.1) is 0 Å². The lowest BCUT2D eigenvalue weighted by atomic mass is 10.4. The number of hydrogen-bond acceptors (Lipinski definition) is 2. The standard InChI is InChI=1S/C10H16N2O2/c1-3-11(2)10(14)7-12-6-4-5-9(12)8-13/h4-6,13H,3,7-8H2,1-2H3. The van der Waals surface area contributed by atoms with Crippen LogP contribution in [0.1, 0.15) is 12.6 Å². The molecule has 0 aliphatic rings. The molecule has 0 aliphatic heterocycles. The van der Waals surface area contributed by atoms with Crippen LogP contribution in [0.25, 0.3) is 0 Å². The molecule has 1 heterocycles. The zero-order valence-electron chi connectivity index (χ0n) is 8.60. The van der Waals surface area contributed by atoms with Crippen LogP contribution in [-0.4, -0.2) is 34.1 Å². The molecule has 0 atom stereocenters. The number of rotatable bonds is 4. The number of hydrogen-bond donors (Lipinski definition) is 1. The van der Waals surface area contributed by atoms with Gasteiger partial charge in [-0.05, 0) is 19.1 Å². The van der Waals surface area contributed by atoms with Crippen LogP contribution in [-0.2, 0) is 17.9 Å². The highest BCUT2D eigenvalue weighted by Gasteiger charge is 2.08. The SMILES string of the molecule is CCN(C)C(=O)Cn1cccc1CO. The Morgan fingerprint density at radius 1 is 1.64 bits per heavy atom. The van der Waals surface area contributed by atoms with Crippen LogP contribution in [0.4, 0.5) is 0 Å². The average Bonchev–Trinajstić information content (AvgIpc) is 2.63. The second-order valence-electron chi connectivity index (χ2n) is 3.19. The highest BCUT2D eigenvalue weighted by atomic mass is 16.3. The first-order valence-electron chi connectivity index (χ1n) is 4.67. The summed E-state index contributed by atoms with van der Waals surface area (Å²) < 4.78 is 1.76. The number of nitrogens with zero attached hydrogens (tertiary/aromatic N) is 2. The largest absolute Gasteiger partial charge is 0.390 e. The van der Waals surface area contributed by atoms with Crippen LogP contribution in [0.5, 0.6) is 0 Å². The number of carbonyl (C=O) groups is 1. The third-order valence-corrected chi connectivity index (χ3v) is 2.29.